The molecule has 0 aliphatic heterocycles. The summed E-state index contributed by atoms with van der Waals surface area (Å²) in [6.45, 7) is 1.23. The van der Waals surface area contributed by atoms with Crippen molar-refractivity contribution in [3.63, 3.8) is 0 Å². The van der Waals surface area contributed by atoms with Gasteiger partial charge in [0.05, 0.1) is 27.7 Å². The minimum atomic E-state index is 1.01. The SMILES string of the molecule is C[N+](C)(C)CCCS. The molecule has 0 unspecified atom stereocenters. The first-order valence-electron chi connectivity index (χ1n) is 2.97. The second-order valence-electron chi connectivity index (χ2n) is 3.09. The summed E-state index contributed by atoms with van der Waals surface area (Å²) < 4.78 is 1.06. The first kappa shape index (κ1) is 8.31. The molecule has 0 saturated heterocycles. The van der Waals surface area contributed by atoms with Crippen LogP contribution in [0.15, 0.2) is 0 Å². The van der Waals surface area contributed by atoms with E-state index in [0.717, 1.165) is 10.2 Å². The van der Waals surface area contributed by atoms with Crippen molar-refractivity contribution in [1.82, 2.24) is 0 Å². The van der Waals surface area contributed by atoms with Crippen LogP contribution in [0.2, 0.25) is 0 Å². The molecular weight excluding hydrogens is 118 g/mol. The summed E-state index contributed by atoms with van der Waals surface area (Å²) >= 11 is 4.12. The zero-order valence-corrected chi connectivity index (χ0v) is 6.91. The zero-order valence-electron chi connectivity index (χ0n) is 6.02. The van der Waals surface area contributed by atoms with Crippen LogP contribution in [0.3, 0.4) is 0 Å². The van der Waals surface area contributed by atoms with Gasteiger partial charge in [0, 0.05) is 6.42 Å². The third kappa shape index (κ3) is 6.31. The highest BCUT2D eigenvalue weighted by molar-refractivity contribution is 7.80. The molecule has 0 N–H and O–H groups in total. The Balaban J connectivity index is 3.11. The van der Waals surface area contributed by atoms with Gasteiger partial charge in [0.15, 0.2) is 0 Å². The van der Waals surface area contributed by atoms with E-state index in [1.54, 1.807) is 0 Å². The lowest BCUT2D eigenvalue weighted by molar-refractivity contribution is -0.870. The molecule has 0 aliphatic rings. The van der Waals surface area contributed by atoms with Gasteiger partial charge in [0.2, 0.25) is 0 Å². The van der Waals surface area contributed by atoms with Crippen molar-refractivity contribution in [3.8, 4) is 0 Å². The Bertz CT molecular complexity index is 56.0. The Hall–Kier alpha value is 0.310. The maximum atomic E-state index is 4.12. The molecule has 0 rings (SSSR count). The fourth-order valence-corrected chi connectivity index (χ4v) is 0.686. The summed E-state index contributed by atoms with van der Waals surface area (Å²) in [7, 11) is 6.59. The van der Waals surface area contributed by atoms with E-state index in [4.69, 9.17) is 0 Å². The van der Waals surface area contributed by atoms with Gasteiger partial charge in [-0.1, -0.05) is 0 Å². The number of hydrogen-bond acceptors (Lipinski definition) is 1. The molecule has 0 fully saturated rings. The van der Waals surface area contributed by atoms with Crippen LogP contribution in [0.5, 0.6) is 0 Å². The molecule has 1 nitrogen and oxygen atoms in total. The minimum Gasteiger partial charge on any atom is -0.331 e. The van der Waals surface area contributed by atoms with E-state index in [0.29, 0.717) is 0 Å². The Morgan fingerprint density at radius 2 is 1.75 bits per heavy atom. The summed E-state index contributed by atoms with van der Waals surface area (Å²) in [6.07, 6.45) is 1.21. The van der Waals surface area contributed by atoms with Gasteiger partial charge in [-0.05, 0) is 5.75 Å². The summed E-state index contributed by atoms with van der Waals surface area (Å²) in [4.78, 5) is 0. The topological polar surface area (TPSA) is 0 Å². The Kier molecular flexibility index (Phi) is 3.49. The molecule has 0 saturated carbocycles. The van der Waals surface area contributed by atoms with Crippen LogP contribution in [0.1, 0.15) is 6.42 Å². The molecule has 50 valence electrons. The van der Waals surface area contributed by atoms with E-state index in [1.807, 2.05) is 0 Å². The van der Waals surface area contributed by atoms with Crippen molar-refractivity contribution >= 4 is 12.6 Å². The van der Waals surface area contributed by atoms with Crippen LogP contribution < -0.4 is 0 Å². The van der Waals surface area contributed by atoms with Crippen LogP contribution in [-0.4, -0.2) is 37.9 Å². The smallest absolute Gasteiger partial charge is 0.0788 e. The highest BCUT2D eigenvalue weighted by atomic mass is 32.1. The van der Waals surface area contributed by atoms with Gasteiger partial charge in [0.1, 0.15) is 0 Å². The third-order valence-electron chi connectivity index (χ3n) is 0.987. The van der Waals surface area contributed by atoms with Crippen molar-refractivity contribution in [3.05, 3.63) is 0 Å². The van der Waals surface area contributed by atoms with Crippen molar-refractivity contribution < 1.29 is 4.48 Å². The number of hydrogen-bond donors (Lipinski definition) is 1. The third-order valence-corrected chi connectivity index (χ3v) is 1.30. The highest BCUT2D eigenvalue weighted by Gasteiger charge is 2.03. The molecule has 8 heavy (non-hydrogen) atoms. The van der Waals surface area contributed by atoms with E-state index < -0.39 is 0 Å². The average molecular weight is 134 g/mol. The maximum absolute atomic E-state index is 4.12. The van der Waals surface area contributed by atoms with Crippen LogP contribution in [0.25, 0.3) is 0 Å². The molecule has 0 bridgehead atoms. The molecule has 0 aromatic heterocycles. The summed E-state index contributed by atoms with van der Waals surface area (Å²) in [6, 6.07) is 0. The number of nitrogens with zero attached hydrogens (tertiary/aromatic N) is 1. The molecule has 0 radical (unpaired) electrons. The second-order valence-corrected chi connectivity index (χ2v) is 3.54. The lowest BCUT2D eigenvalue weighted by Crippen LogP contribution is -2.35. The van der Waals surface area contributed by atoms with Crippen molar-refractivity contribution in [2.75, 3.05) is 33.4 Å². The molecule has 2 heteroatoms. The first-order chi connectivity index (χ1) is 3.56. The predicted octanol–water partition coefficient (Wildman–Crippen LogP) is 1.01. The van der Waals surface area contributed by atoms with Gasteiger partial charge in [-0.15, -0.1) is 0 Å². The van der Waals surface area contributed by atoms with Gasteiger partial charge in [-0.25, -0.2) is 0 Å². The van der Waals surface area contributed by atoms with E-state index in [2.05, 4.69) is 33.8 Å². The van der Waals surface area contributed by atoms with Gasteiger partial charge in [0.25, 0.3) is 0 Å². The van der Waals surface area contributed by atoms with Crippen LogP contribution >= 0.6 is 12.6 Å². The zero-order chi connectivity index (χ0) is 6.62. The van der Waals surface area contributed by atoms with Crippen LogP contribution in [0, 0.1) is 0 Å². The molecule has 0 amide bonds. The minimum absolute atomic E-state index is 1.01. The number of rotatable bonds is 3. The summed E-state index contributed by atoms with van der Waals surface area (Å²) in [5, 5.41) is 0. The van der Waals surface area contributed by atoms with Gasteiger partial charge < -0.3 is 4.48 Å². The second kappa shape index (κ2) is 3.36. The van der Waals surface area contributed by atoms with E-state index in [-0.39, 0.29) is 0 Å². The maximum Gasteiger partial charge on any atom is 0.0788 e. The van der Waals surface area contributed by atoms with E-state index in [9.17, 15) is 0 Å². The summed E-state index contributed by atoms with van der Waals surface area (Å²) in [5.41, 5.74) is 0. The largest absolute Gasteiger partial charge is 0.331 e. The molecule has 0 heterocycles. The molecule has 0 atom stereocenters. The predicted molar refractivity (Wildman–Crippen MR) is 41.4 cm³/mol. The monoisotopic (exact) mass is 134 g/mol. The normalized spacial score (nSPS) is 12.0. The first-order valence-corrected chi connectivity index (χ1v) is 3.61. The van der Waals surface area contributed by atoms with Crippen molar-refractivity contribution in [1.29, 1.82) is 0 Å². The quantitative estimate of drug-likeness (QED) is 0.432. The van der Waals surface area contributed by atoms with Crippen molar-refractivity contribution in [2.24, 2.45) is 0 Å². The molecular formula is C6H16NS+. The lowest BCUT2D eigenvalue weighted by Gasteiger charge is -2.23. The average Bonchev–Trinajstić information content (AvgIpc) is 1.59. The Morgan fingerprint density at radius 1 is 1.25 bits per heavy atom. The fourth-order valence-electron chi connectivity index (χ4n) is 0.545. The fraction of sp³-hybridized carbons (Fsp3) is 1.00. The standard InChI is InChI=1S/C6H15NS/c1-7(2,3)5-4-6-8/h4-6H2,1-3H3/p+1. The van der Waals surface area contributed by atoms with Gasteiger partial charge >= 0.3 is 0 Å². The molecule has 0 spiro atoms. The van der Waals surface area contributed by atoms with Crippen LogP contribution in [0.4, 0.5) is 0 Å². The van der Waals surface area contributed by atoms with Gasteiger partial charge in [-0.2, -0.15) is 12.6 Å². The van der Waals surface area contributed by atoms with Gasteiger partial charge in [-0.3, -0.25) is 0 Å². The molecule has 0 aromatic carbocycles. The molecule has 0 aliphatic carbocycles. The number of thiol groups is 1. The highest BCUT2D eigenvalue weighted by Crippen LogP contribution is 1.93. The lowest BCUT2D eigenvalue weighted by atomic mass is 10.4. The Labute approximate surface area is 57.7 Å². The Morgan fingerprint density at radius 3 is 1.88 bits per heavy atom. The number of quaternary nitrogens is 1. The van der Waals surface area contributed by atoms with Crippen LogP contribution in [-0.2, 0) is 0 Å². The molecule has 0 aromatic rings. The van der Waals surface area contributed by atoms with E-state index >= 15 is 0 Å². The van der Waals surface area contributed by atoms with E-state index in [1.165, 1.54) is 13.0 Å². The summed E-state index contributed by atoms with van der Waals surface area (Å²) in [5.74, 6) is 1.01. The van der Waals surface area contributed by atoms with Crippen molar-refractivity contribution in [2.45, 2.75) is 6.42 Å².